The van der Waals surface area contributed by atoms with E-state index in [-0.39, 0.29) is 0 Å². The largest absolute Gasteiger partial charge is 0.443 e. The Kier molecular flexibility index (Phi) is 4.48. The molecular formula is C12H17NO4S. The Morgan fingerprint density at radius 1 is 1.28 bits per heavy atom. The highest BCUT2D eigenvalue weighted by atomic mass is 32.2. The van der Waals surface area contributed by atoms with Gasteiger partial charge in [0.05, 0.1) is 5.69 Å². The average Bonchev–Trinajstić information content (AvgIpc) is 2.18. The predicted molar refractivity (Wildman–Crippen MR) is 70.7 cm³/mol. The van der Waals surface area contributed by atoms with Crippen LogP contribution in [0.15, 0.2) is 24.3 Å². The molecule has 0 heterocycles. The molecule has 18 heavy (non-hydrogen) atoms. The molecule has 0 aliphatic rings. The maximum absolute atomic E-state index is 11.8. The number of aryl methyl sites for hydroxylation is 1. The number of rotatable bonds is 2. The number of ether oxygens (including phenoxy) is 1. The SMILES string of the molecule is Cc1ccc(N(C(=O)OC(C)(C)C)S(=O)O)cc1. The van der Waals surface area contributed by atoms with Gasteiger partial charge in [0, 0.05) is 0 Å². The van der Waals surface area contributed by atoms with Crippen molar-refractivity contribution >= 4 is 23.0 Å². The molecule has 1 aromatic carbocycles. The zero-order valence-electron chi connectivity index (χ0n) is 10.8. The van der Waals surface area contributed by atoms with Gasteiger partial charge in [0.25, 0.3) is 11.3 Å². The van der Waals surface area contributed by atoms with Crippen LogP contribution in [0.3, 0.4) is 0 Å². The van der Waals surface area contributed by atoms with Crippen molar-refractivity contribution in [3.05, 3.63) is 29.8 Å². The highest BCUT2D eigenvalue weighted by Crippen LogP contribution is 2.20. The van der Waals surface area contributed by atoms with Gasteiger partial charge in [-0.2, -0.15) is 4.31 Å². The third kappa shape index (κ3) is 4.12. The van der Waals surface area contributed by atoms with Crippen molar-refractivity contribution in [2.24, 2.45) is 0 Å². The lowest BCUT2D eigenvalue weighted by atomic mass is 10.2. The van der Waals surface area contributed by atoms with Gasteiger partial charge in [0.15, 0.2) is 0 Å². The Balaban J connectivity index is 3.00. The second-order valence-electron chi connectivity index (χ2n) is 4.84. The topological polar surface area (TPSA) is 66.8 Å². The minimum Gasteiger partial charge on any atom is -0.443 e. The van der Waals surface area contributed by atoms with Crippen molar-refractivity contribution in [2.45, 2.75) is 33.3 Å². The molecule has 0 saturated carbocycles. The molecule has 0 saturated heterocycles. The van der Waals surface area contributed by atoms with E-state index < -0.39 is 23.0 Å². The Morgan fingerprint density at radius 2 is 1.78 bits per heavy atom. The maximum Gasteiger partial charge on any atom is 0.428 e. The second-order valence-corrected chi connectivity index (χ2v) is 5.67. The van der Waals surface area contributed by atoms with Gasteiger partial charge >= 0.3 is 6.09 Å². The summed E-state index contributed by atoms with van der Waals surface area (Å²) in [6, 6.07) is 6.68. The molecule has 1 N–H and O–H groups in total. The van der Waals surface area contributed by atoms with Crippen LogP contribution in [0, 0.1) is 6.92 Å². The molecule has 1 atom stereocenters. The summed E-state index contributed by atoms with van der Waals surface area (Å²) in [7, 11) is 0. The summed E-state index contributed by atoms with van der Waals surface area (Å²) >= 11 is -2.47. The van der Waals surface area contributed by atoms with Crippen LogP contribution in [-0.2, 0) is 16.0 Å². The van der Waals surface area contributed by atoms with E-state index in [1.165, 1.54) is 0 Å². The highest BCUT2D eigenvalue weighted by Gasteiger charge is 2.27. The molecule has 0 aliphatic heterocycles. The molecule has 1 unspecified atom stereocenters. The van der Waals surface area contributed by atoms with Crippen molar-refractivity contribution in [3.8, 4) is 0 Å². The van der Waals surface area contributed by atoms with E-state index in [1.54, 1.807) is 45.0 Å². The number of hydrogen-bond donors (Lipinski definition) is 1. The molecule has 0 aromatic heterocycles. The lowest BCUT2D eigenvalue weighted by Gasteiger charge is -2.24. The molecule has 5 nitrogen and oxygen atoms in total. The number of hydrogen-bond acceptors (Lipinski definition) is 3. The number of benzene rings is 1. The van der Waals surface area contributed by atoms with E-state index in [1.807, 2.05) is 6.92 Å². The van der Waals surface area contributed by atoms with Crippen molar-refractivity contribution in [3.63, 3.8) is 0 Å². The third-order valence-electron chi connectivity index (χ3n) is 1.98. The summed E-state index contributed by atoms with van der Waals surface area (Å²) in [5.74, 6) is 0. The van der Waals surface area contributed by atoms with Crippen LogP contribution in [-0.4, -0.2) is 20.5 Å². The molecule has 1 aromatic rings. The lowest BCUT2D eigenvalue weighted by Crippen LogP contribution is -2.37. The van der Waals surface area contributed by atoms with Crippen LogP contribution >= 0.6 is 0 Å². The van der Waals surface area contributed by atoms with Crippen LogP contribution in [0.5, 0.6) is 0 Å². The molecule has 0 spiro atoms. The Bertz CT molecular complexity index is 450. The fourth-order valence-electron chi connectivity index (χ4n) is 1.24. The van der Waals surface area contributed by atoms with E-state index in [0.29, 0.717) is 9.99 Å². The van der Waals surface area contributed by atoms with Gasteiger partial charge in [-0.15, -0.1) is 0 Å². The fourth-order valence-corrected chi connectivity index (χ4v) is 1.71. The van der Waals surface area contributed by atoms with Gasteiger partial charge in [-0.05, 0) is 39.8 Å². The first-order valence-electron chi connectivity index (χ1n) is 5.41. The van der Waals surface area contributed by atoms with Crippen molar-refractivity contribution in [1.82, 2.24) is 0 Å². The van der Waals surface area contributed by atoms with Crippen LogP contribution in [0.1, 0.15) is 26.3 Å². The normalized spacial score (nSPS) is 12.9. The minimum atomic E-state index is -2.47. The maximum atomic E-state index is 11.8. The quantitative estimate of drug-likeness (QED) is 0.840. The molecule has 100 valence electrons. The monoisotopic (exact) mass is 271 g/mol. The summed E-state index contributed by atoms with van der Waals surface area (Å²) in [5.41, 5.74) is 0.585. The Hall–Kier alpha value is -1.40. The fraction of sp³-hybridized carbons (Fsp3) is 0.417. The molecule has 0 bridgehead atoms. The molecule has 0 radical (unpaired) electrons. The Labute approximate surface area is 109 Å². The summed E-state index contributed by atoms with van der Waals surface area (Å²) in [4.78, 5) is 11.8. The predicted octanol–water partition coefficient (Wildman–Crippen LogP) is 2.87. The molecule has 1 rings (SSSR count). The molecule has 6 heteroatoms. The van der Waals surface area contributed by atoms with Crippen LogP contribution < -0.4 is 4.31 Å². The van der Waals surface area contributed by atoms with E-state index in [4.69, 9.17) is 4.74 Å². The van der Waals surface area contributed by atoms with Gasteiger partial charge in [0.1, 0.15) is 5.60 Å². The van der Waals surface area contributed by atoms with Crippen LogP contribution in [0.2, 0.25) is 0 Å². The molecule has 0 aliphatic carbocycles. The van der Waals surface area contributed by atoms with Crippen LogP contribution in [0.25, 0.3) is 0 Å². The van der Waals surface area contributed by atoms with Gasteiger partial charge in [0.2, 0.25) is 0 Å². The first-order valence-corrected chi connectivity index (χ1v) is 6.48. The molecular weight excluding hydrogens is 254 g/mol. The molecule has 0 fully saturated rings. The first-order chi connectivity index (χ1) is 8.20. The average molecular weight is 271 g/mol. The van der Waals surface area contributed by atoms with Crippen LogP contribution in [0.4, 0.5) is 10.5 Å². The zero-order chi connectivity index (χ0) is 13.9. The van der Waals surface area contributed by atoms with E-state index >= 15 is 0 Å². The number of nitrogens with zero attached hydrogens (tertiary/aromatic N) is 1. The number of amides is 1. The molecule has 1 amide bonds. The summed E-state index contributed by atoms with van der Waals surface area (Å²) in [6.07, 6.45) is -0.854. The summed E-state index contributed by atoms with van der Waals surface area (Å²) < 4.78 is 26.2. The minimum absolute atomic E-state index is 0.315. The second kappa shape index (κ2) is 5.49. The number of carbonyl (C=O) groups is 1. The smallest absolute Gasteiger partial charge is 0.428 e. The standard InChI is InChI=1S/C12H17NO4S/c1-9-5-7-10(8-6-9)13(18(15)16)11(14)17-12(2,3)4/h5-8H,1-4H3,(H,15,16). The van der Waals surface area contributed by atoms with Crippen molar-refractivity contribution in [1.29, 1.82) is 0 Å². The van der Waals surface area contributed by atoms with Gasteiger partial charge in [-0.3, -0.25) is 4.55 Å². The van der Waals surface area contributed by atoms with Gasteiger partial charge < -0.3 is 4.74 Å². The van der Waals surface area contributed by atoms with E-state index in [0.717, 1.165) is 5.56 Å². The number of carbonyl (C=O) groups excluding carboxylic acids is 1. The van der Waals surface area contributed by atoms with Gasteiger partial charge in [-0.1, -0.05) is 17.7 Å². The van der Waals surface area contributed by atoms with E-state index in [2.05, 4.69) is 0 Å². The summed E-state index contributed by atoms with van der Waals surface area (Å²) in [5, 5.41) is 0. The Morgan fingerprint density at radius 3 is 2.17 bits per heavy atom. The zero-order valence-corrected chi connectivity index (χ0v) is 11.7. The van der Waals surface area contributed by atoms with Gasteiger partial charge in [-0.25, -0.2) is 9.00 Å². The highest BCUT2D eigenvalue weighted by molar-refractivity contribution is 7.81. The third-order valence-corrected chi connectivity index (χ3v) is 2.66. The summed E-state index contributed by atoms with van der Waals surface area (Å²) in [6.45, 7) is 6.97. The first kappa shape index (κ1) is 14.7. The number of anilines is 1. The van der Waals surface area contributed by atoms with Crippen molar-refractivity contribution < 1.29 is 18.3 Å². The lowest BCUT2D eigenvalue weighted by molar-refractivity contribution is 0.0608. The van der Waals surface area contributed by atoms with Crippen molar-refractivity contribution in [2.75, 3.05) is 4.31 Å². The van der Waals surface area contributed by atoms with E-state index in [9.17, 15) is 13.6 Å².